The normalized spacial score (nSPS) is 13.9. The molecule has 1 atom stereocenters. The second-order valence-electron chi connectivity index (χ2n) is 4.61. The SMILES string of the molecule is CN(C(=O)[C@H](N)CCCN)C(C)(C)C. The molecular formula is C10H23N3O. The van der Waals surface area contributed by atoms with Gasteiger partial charge in [-0.1, -0.05) is 0 Å². The van der Waals surface area contributed by atoms with Crippen molar-refractivity contribution >= 4 is 5.91 Å². The predicted molar refractivity (Wildman–Crippen MR) is 58.8 cm³/mol. The number of hydrogen-bond donors (Lipinski definition) is 2. The number of hydrogen-bond acceptors (Lipinski definition) is 3. The number of nitrogens with zero attached hydrogens (tertiary/aromatic N) is 1. The van der Waals surface area contributed by atoms with E-state index < -0.39 is 6.04 Å². The van der Waals surface area contributed by atoms with Gasteiger partial charge >= 0.3 is 0 Å². The van der Waals surface area contributed by atoms with Gasteiger partial charge in [0.2, 0.25) is 5.91 Å². The average molecular weight is 201 g/mol. The summed E-state index contributed by atoms with van der Waals surface area (Å²) in [5.41, 5.74) is 10.9. The summed E-state index contributed by atoms with van der Waals surface area (Å²) in [6, 6.07) is -0.414. The van der Waals surface area contributed by atoms with Crippen LogP contribution in [-0.4, -0.2) is 36.0 Å². The van der Waals surface area contributed by atoms with Crippen molar-refractivity contribution in [3.05, 3.63) is 0 Å². The first-order valence-corrected chi connectivity index (χ1v) is 5.04. The molecule has 0 aromatic rings. The highest BCUT2D eigenvalue weighted by molar-refractivity contribution is 5.81. The molecule has 0 unspecified atom stereocenters. The van der Waals surface area contributed by atoms with Crippen LogP contribution in [0.3, 0.4) is 0 Å². The van der Waals surface area contributed by atoms with E-state index in [0.29, 0.717) is 13.0 Å². The van der Waals surface area contributed by atoms with Gasteiger partial charge in [0, 0.05) is 12.6 Å². The fourth-order valence-electron chi connectivity index (χ4n) is 1.04. The van der Waals surface area contributed by atoms with Gasteiger partial charge < -0.3 is 16.4 Å². The van der Waals surface area contributed by atoms with Crippen molar-refractivity contribution in [1.29, 1.82) is 0 Å². The Bertz CT molecular complexity index is 186. The molecule has 84 valence electrons. The molecule has 0 saturated carbocycles. The molecule has 0 radical (unpaired) electrons. The van der Waals surface area contributed by atoms with Crippen molar-refractivity contribution in [2.75, 3.05) is 13.6 Å². The summed E-state index contributed by atoms with van der Waals surface area (Å²) in [7, 11) is 1.78. The van der Waals surface area contributed by atoms with E-state index in [4.69, 9.17) is 11.5 Å². The zero-order valence-electron chi connectivity index (χ0n) is 9.71. The minimum absolute atomic E-state index is 0.00838. The molecule has 0 aliphatic rings. The van der Waals surface area contributed by atoms with Gasteiger partial charge in [0.15, 0.2) is 0 Å². The largest absolute Gasteiger partial charge is 0.340 e. The van der Waals surface area contributed by atoms with E-state index >= 15 is 0 Å². The quantitative estimate of drug-likeness (QED) is 0.687. The molecule has 0 heterocycles. The molecule has 1 amide bonds. The second-order valence-corrected chi connectivity index (χ2v) is 4.61. The highest BCUT2D eigenvalue weighted by atomic mass is 16.2. The zero-order chi connectivity index (χ0) is 11.4. The summed E-state index contributed by atoms with van der Waals surface area (Å²) >= 11 is 0. The van der Waals surface area contributed by atoms with Crippen LogP contribution in [0.1, 0.15) is 33.6 Å². The first kappa shape index (κ1) is 13.4. The van der Waals surface area contributed by atoms with Crippen LogP contribution < -0.4 is 11.5 Å². The molecule has 0 fully saturated rings. The molecule has 0 spiro atoms. The number of nitrogens with two attached hydrogens (primary N) is 2. The van der Waals surface area contributed by atoms with Crippen molar-refractivity contribution in [3.63, 3.8) is 0 Å². The third-order valence-corrected chi connectivity index (χ3v) is 2.37. The molecule has 0 aromatic heterocycles. The van der Waals surface area contributed by atoms with E-state index in [1.54, 1.807) is 11.9 Å². The smallest absolute Gasteiger partial charge is 0.239 e. The lowest BCUT2D eigenvalue weighted by molar-refractivity contribution is -0.135. The van der Waals surface area contributed by atoms with Gasteiger partial charge in [-0.2, -0.15) is 0 Å². The minimum Gasteiger partial charge on any atom is -0.340 e. The van der Waals surface area contributed by atoms with Crippen LogP contribution in [-0.2, 0) is 4.79 Å². The molecule has 4 N–H and O–H groups in total. The highest BCUT2D eigenvalue weighted by Crippen LogP contribution is 2.12. The Hall–Kier alpha value is -0.610. The molecular weight excluding hydrogens is 178 g/mol. The Kier molecular flexibility index (Phi) is 5.08. The fourth-order valence-corrected chi connectivity index (χ4v) is 1.04. The lowest BCUT2D eigenvalue weighted by Gasteiger charge is -2.33. The van der Waals surface area contributed by atoms with Gasteiger partial charge in [-0.15, -0.1) is 0 Å². The number of amides is 1. The Morgan fingerprint density at radius 1 is 1.43 bits per heavy atom. The first-order chi connectivity index (χ1) is 6.30. The van der Waals surface area contributed by atoms with Gasteiger partial charge in [0.25, 0.3) is 0 Å². The third-order valence-electron chi connectivity index (χ3n) is 2.37. The number of carbonyl (C=O) groups excluding carboxylic acids is 1. The van der Waals surface area contributed by atoms with E-state index in [0.717, 1.165) is 6.42 Å². The van der Waals surface area contributed by atoms with E-state index in [2.05, 4.69) is 0 Å². The van der Waals surface area contributed by atoms with E-state index in [1.807, 2.05) is 20.8 Å². The maximum absolute atomic E-state index is 11.8. The molecule has 4 nitrogen and oxygen atoms in total. The van der Waals surface area contributed by atoms with Crippen LogP contribution in [0.5, 0.6) is 0 Å². The van der Waals surface area contributed by atoms with Crippen LogP contribution in [0, 0.1) is 0 Å². The molecule has 4 heteroatoms. The van der Waals surface area contributed by atoms with Crippen molar-refractivity contribution in [2.45, 2.75) is 45.2 Å². The van der Waals surface area contributed by atoms with E-state index in [1.165, 1.54) is 0 Å². The Balaban J connectivity index is 4.18. The van der Waals surface area contributed by atoms with Crippen LogP contribution in [0.2, 0.25) is 0 Å². The lowest BCUT2D eigenvalue weighted by atomic mass is 10.0. The summed E-state index contributed by atoms with van der Waals surface area (Å²) in [5, 5.41) is 0. The second kappa shape index (κ2) is 5.32. The van der Waals surface area contributed by atoms with Crippen molar-refractivity contribution in [1.82, 2.24) is 4.90 Å². The monoisotopic (exact) mass is 201 g/mol. The van der Waals surface area contributed by atoms with Gasteiger partial charge in [-0.3, -0.25) is 4.79 Å². The third kappa shape index (κ3) is 4.07. The molecule has 14 heavy (non-hydrogen) atoms. The molecule has 0 aliphatic carbocycles. The maximum atomic E-state index is 11.8. The van der Waals surface area contributed by atoms with Crippen molar-refractivity contribution in [2.24, 2.45) is 11.5 Å². The highest BCUT2D eigenvalue weighted by Gasteiger charge is 2.25. The number of rotatable bonds is 4. The summed E-state index contributed by atoms with van der Waals surface area (Å²) < 4.78 is 0. The van der Waals surface area contributed by atoms with Gasteiger partial charge in [-0.25, -0.2) is 0 Å². The summed E-state index contributed by atoms with van der Waals surface area (Å²) in [5.74, 6) is -0.00838. The van der Waals surface area contributed by atoms with Crippen molar-refractivity contribution < 1.29 is 4.79 Å². The fraction of sp³-hybridized carbons (Fsp3) is 0.900. The number of carbonyl (C=O) groups is 1. The zero-order valence-corrected chi connectivity index (χ0v) is 9.71. The summed E-state index contributed by atoms with van der Waals surface area (Å²) in [6.07, 6.45) is 1.46. The standard InChI is InChI=1S/C10H23N3O/c1-10(2,3)13(4)9(14)8(12)6-5-7-11/h8H,5-7,11-12H2,1-4H3/t8-/m1/s1. The van der Waals surface area contributed by atoms with Gasteiger partial charge in [0.1, 0.15) is 0 Å². The molecule has 0 aromatic carbocycles. The Morgan fingerprint density at radius 2 is 1.93 bits per heavy atom. The maximum Gasteiger partial charge on any atom is 0.239 e. The first-order valence-electron chi connectivity index (χ1n) is 5.04. The van der Waals surface area contributed by atoms with Crippen molar-refractivity contribution in [3.8, 4) is 0 Å². The molecule has 0 aliphatic heterocycles. The van der Waals surface area contributed by atoms with Crippen LogP contribution in [0.15, 0.2) is 0 Å². The molecule has 0 bridgehead atoms. The van der Waals surface area contributed by atoms with Crippen LogP contribution >= 0.6 is 0 Å². The Labute approximate surface area is 86.6 Å². The molecule has 0 saturated heterocycles. The number of likely N-dealkylation sites (N-methyl/N-ethyl adjacent to an activating group) is 1. The predicted octanol–water partition coefficient (Wildman–Crippen LogP) is 0.310. The molecule has 0 rings (SSSR count). The lowest BCUT2D eigenvalue weighted by Crippen LogP contribution is -2.50. The average Bonchev–Trinajstić information content (AvgIpc) is 2.10. The van der Waals surface area contributed by atoms with Crippen LogP contribution in [0.25, 0.3) is 0 Å². The topological polar surface area (TPSA) is 72.3 Å². The van der Waals surface area contributed by atoms with Gasteiger partial charge in [-0.05, 0) is 40.2 Å². The van der Waals surface area contributed by atoms with Gasteiger partial charge in [0.05, 0.1) is 6.04 Å². The van der Waals surface area contributed by atoms with E-state index in [9.17, 15) is 4.79 Å². The Morgan fingerprint density at radius 3 is 2.29 bits per heavy atom. The minimum atomic E-state index is -0.414. The van der Waals surface area contributed by atoms with E-state index in [-0.39, 0.29) is 11.4 Å². The summed E-state index contributed by atoms with van der Waals surface area (Å²) in [6.45, 7) is 6.54. The summed E-state index contributed by atoms with van der Waals surface area (Å²) in [4.78, 5) is 13.4. The van der Waals surface area contributed by atoms with Crippen LogP contribution in [0.4, 0.5) is 0 Å².